The van der Waals surface area contributed by atoms with Gasteiger partial charge in [0.15, 0.2) is 12.6 Å². The lowest BCUT2D eigenvalue weighted by Gasteiger charge is -2.14. The minimum absolute atomic E-state index is 0. The molecule has 1 aromatic heterocycles. The molecule has 2 rings (SSSR count). The molecule has 1 heterocycles. The van der Waals surface area contributed by atoms with Crippen molar-refractivity contribution in [1.82, 2.24) is 15.6 Å². The summed E-state index contributed by atoms with van der Waals surface area (Å²) in [6, 6.07) is 10.8. The van der Waals surface area contributed by atoms with Gasteiger partial charge in [0.2, 0.25) is 5.88 Å². The summed E-state index contributed by atoms with van der Waals surface area (Å²) < 4.78 is 46.7. The minimum atomic E-state index is -4.39. The summed E-state index contributed by atoms with van der Waals surface area (Å²) in [5.41, 5.74) is 1.75. The van der Waals surface area contributed by atoms with Gasteiger partial charge < -0.3 is 20.1 Å². The average Bonchev–Trinajstić information content (AvgIpc) is 2.70. The number of benzene rings is 1. The van der Waals surface area contributed by atoms with Crippen LogP contribution in [0.15, 0.2) is 47.6 Å². The number of aromatic nitrogens is 1. The van der Waals surface area contributed by atoms with Gasteiger partial charge in [-0.1, -0.05) is 24.3 Å². The first-order valence-corrected chi connectivity index (χ1v) is 9.28. The fourth-order valence-electron chi connectivity index (χ4n) is 2.38. The van der Waals surface area contributed by atoms with Crippen molar-refractivity contribution >= 4 is 29.9 Å². The first-order chi connectivity index (χ1) is 13.9. The van der Waals surface area contributed by atoms with Gasteiger partial charge in [-0.25, -0.2) is 9.98 Å². The number of hydrogen-bond acceptors (Lipinski definition) is 4. The van der Waals surface area contributed by atoms with Crippen LogP contribution >= 0.6 is 24.0 Å². The molecule has 0 saturated heterocycles. The molecular weight excluding hydrogens is 512 g/mol. The Bertz CT molecular complexity index is 786. The Morgan fingerprint density at radius 3 is 2.47 bits per heavy atom. The maximum atomic E-state index is 12.2. The molecule has 0 aliphatic carbocycles. The van der Waals surface area contributed by atoms with Crippen molar-refractivity contribution in [3.8, 4) is 11.6 Å². The van der Waals surface area contributed by atoms with Crippen molar-refractivity contribution in [2.45, 2.75) is 33.1 Å². The highest BCUT2D eigenvalue weighted by Crippen LogP contribution is 2.18. The third kappa shape index (κ3) is 9.51. The number of nitrogens with one attached hydrogen (secondary N) is 2. The molecule has 0 amide bonds. The highest BCUT2D eigenvalue weighted by Gasteiger charge is 2.28. The van der Waals surface area contributed by atoms with Gasteiger partial charge in [-0.2, -0.15) is 13.2 Å². The van der Waals surface area contributed by atoms with E-state index < -0.39 is 12.8 Å². The lowest BCUT2D eigenvalue weighted by Crippen LogP contribution is -2.36. The summed E-state index contributed by atoms with van der Waals surface area (Å²) in [7, 11) is 0. The van der Waals surface area contributed by atoms with Crippen LogP contribution in [0, 0.1) is 0 Å². The average molecular weight is 538 g/mol. The van der Waals surface area contributed by atoms with Crippen LogP contribution in [-0.2, 0) is 13.1 Å². The third-order valence-electron chi connectivity index (χ3n) is 3.66. The van der Waals surface area contributed by atoms with Crippen LogP contribution in [0.3, 0.4) is 0 Å². The Hall–Kier alpha value is -2.24. The van der Waals surface area contributed by atoms with E-state index in [1.807, 2.05) is 38.1 Å². The van der Waals surface area contributed by atoms with Crippen molar-refractivity contribution in [3.63, 3.8) is 0 Å². The van der Waals surface area contributed by atoms with E-state index in [1.54, 1.807) is 6.07 Å². The topological polar surface area (TPSA) is 67.8 Å². The number of alkyl halides is 3. The van der Waals surface area contributed by atoms with E-state index in [4.69, 9.17) is 4.74 Å². The molecule has 10 heteroatoms. The fourth-order valence-corrected chi connectivity index (χ4v) is 2.38. The molecular formula is C20H26F3IN4O2. The zero-order valence-corrected chi connectivity index (χ0v) is 19.2. The summed E-state index contributed by atoms with van der Waals surface area (Å²) >= 11 is 0. The molecule has 0 atom stereocenters. The SMILES string of the molecule is CCNC(=NCc1ccc(OCC(F)(F)F)nc1)NCc1ccccc1OCC.I. The van der Waals surface area contributed by atoms with Crippen LogP contribution in [0.2, 0.25) is 0 Å². The molecule has 0 spiro atoms. The van der Waals surface area contributed by atoms with E-state index >= 15 is 0 Å². The summed E-state index contributed by atoms with van der Waals surface area (Å²) in [6.45, 7) is 4.64. The minimum Gasteiger partial charge on any atom is -0.494 e. The molecule has 0 bridgehead atoms. The Balaban J connectivity index is 0.00000450. The lowest BCUT2D eigenvalue weighted by molar-refractivity contribution is -0.154. The zero-order valence-electron chi connectivity index (χ0n) is 16.8. The van der Waals surface area contributed by atoms with E-state index in [-0.39, 0.29) is 29.9 Å². The maximum absolute atomic E-state index is 12.2. The van der Waals surface area contributed by atoms with Gasteiger partial charge in [0, 0.05) is 30.9 Å². The molecule has 0 aliphatic rings. The number of halogens is 4. The fraction of sp³-hybridized carbons (Fsp3) is 0.400. The predicted octanol–water partition coefficient (Wildman–Crippen LogP) is 4.29. The number of ether oxygens (including phenoxy) is 2. The van der Waals surface area contributed by atoms with Crippen molar-refractivity contribution in [2.24, 2.45) is 4.99 Å². The molecule has 2 aromatic rings. The van der Waals surface area contributed by atoms with Crippen LogP contribution < -0.4 is 20.1 Å². The van der Waals surface area contributed by atoms with Gasteiger partial charge in [-0.15, -0.1) is 24.0 Å². The van der Waals surface area contributed by atoms with Crippen LogP contribution in [0.1, 0.15) is 25.0 Å². The molecule has 2 N–H and O–H groups in total. The zero-order chi connectivity index (χ0) is 21.1. The number of hydrogen-bond donors (Lipinski definition) is 2. The Labute approximate surface area is 191 Å². The van der Waals surface area contributed by atoms with E-state index in [0.717, 1.165) is 16.9 Å². The molecule has 0 fully saturated rings. The third-order valence-corrected chi connectivity index (χ3v) is 3.66. The summed E-state index contributed by atoms with van der Waals surface area (Å²) in [5, 5.41) is 6.39. The molecule has 0 unspecified atom stereocenters. The number of para-hydroxylation sites is 1. The Kier molecular flexibility index (Phi) is 11.3. The van der Waals surface area contributed by atoms with Gasteiger partial charge in [0.05, 0.1) is 13.2 Å². The first-order valence-electron chi connectivity index (χ1n) is 9.28. The molecule has 0 aliphatic heterocycles. The normalized spacial score (nSPS) is 11.4. The van der Waals surface area contributed by atoms with E-state index in [1.165, 1.54) is 12.3 Å². The predicted molar refractivity (Wildman–Crippen MR) is 120 cm³/mol. The Morgan fingerprint density at radius 1 is 1.07 bits per heavy atom. The van der Waals surface area contributed by atoms with Gasteiger partial charge in [0.1, 0.15) is 5.75 Å². The van der Waals surface area contributed by atoms with Crippen LogP contribution in [0.5, 0.6) is 11.6 Å². The van der Waals surface area contributed by atoms with Gasteiger partial charge in [-0.05, 0) is 25.5 Å². The maximum Gasteiger partial charge on any atom is 0.422 e. The van der Waals surface area contributed by atoms with Crippen molar-refractivity contribution in [1.29, 1.82) is 0 Å². The molecule has 30 heavy (non-hydrogen) atoms. The van der Waals surface area contributed by atoms with Gasteiger partial charge in [-0.3, -0.25) is 0 Å². The largest absolute Gasteiger partial charge is 0.494 e. The highest BCUT2D eigenvalue weighted by atomic mass is 127. The molecule has 6 nitrogen and oxygen atoms in total. The second kappa shape index (κ2) is 13.1. The second-order valence-corrected chi connectivity index (χ2v) is 6.00. The van der Waals surface area contributed by atoms with Crippen LogP contribution in [0.25, 0.3) is 0 Å². The molecule has 0 radical (unpaired) electrons. The number of nitrogens with zero attached hydrogens (tertiary/aromatic N) is 2. The summed E-state index contributed by atoms with van der Waals surface area (Å²) in [4.78, 5) is 8.36. The van der Waals surface area contributed by atoms with Crippen molar-refractivity contribution in [3.05, 3.63) is 53.7 Å². The number of aliphatic imine (C=N–C) groups is 1. The molecule has 0 saturated carbocycles. The molecule has 166 valence electrons. The lowest BCUT2D eigenvalue weighted by atomic mass is 10.2. The molecule has 1 aromatic carbocycles. The van der Waals surface area contributed by atoms with Gasteiger partial charge in [0.25, 0.3) is 0 Å². The van der Waals surface area contributed by atoms with Crippen LogP contribution in [-0.4, -0.2) is 36.9 Å². The number of rotatable bonds is 9. The van der Waals surface area contributed by atoms with E-state index in [2.05, 4.69) is 25.3 Å². The van der Waals surface area contributed by atoms with Crippen molar-refractivity contribution < 1.29 is 22.6 Å². The van der Waals surface area contributed by atoms with Crippen LogP contribution in [0.4, 0.5) is 13.2 Å². The summed E-state index contributed by atoms with van der Waals surface area (Å²) in [5.74, 6) is 1.35. The second-order valence-electron chi connectivity index (χ2n) is 6.00. The monoisotopic (exact) mass is 538 g/mol. The van der Waals surface area contributed by atoms with E-state index in [9.17, 15) is 13.2 Å². The quantitative estimate of drug-likeness (QED) is 0.283. The number of guanidine groups is 1. The van der Waals surface area contributed by atoms with Crippen molar-refractivity contribution in [2.75, 3.05) is 19.8 Å². The summed E-state index contributed by atoms with van der Waals surface area (Å²) in [6.07, 6.45) is -2.94. The van der Waals surface area contributed by atoms with Gasteiger partial charge >= 0.3 is 6.18 Å². The standard InChI is InChI=1S/C20H25F3N4O2.HI/c1-3-24-19(27-13-16-7-5-6-8-17(16)28-4-2)26-12-15-9-10-18(25-11-15)29-14-20(21,22)23;/h5-11H,3-4,12-14H2,1-2H3,(H2,24,26,27);1H. The first kappa shape index (κ1) is 25.8. The smallest absolute Gasteiger partial charge is 0.422 e. The highest BCUT2D eigenvalue weighted by molar-refractivity contribution is 14.0. The Morgan fingerprint density at radius 2 is 1.83 bits per heavy atom. The number of pyridine rings is 1. The van der Waals surface area contributed by atoms with E-state index in [0.29, 0.717) is 32.2 Å².